The molecule has 0 spiro atoms. The van der Waals surface area contributed by atoms with Crippen molar-refractivity contribution in [1.29, 1.82) is 0 Å². The Morgan fingerprint density at radius 2 is 2.13 bits per heavy atom. The lowest BCUT2D eigenvalue weighted by molar-refractivity contribution is 0.230. The third-order valence-electron chi connectivity index (χ3n) is 1.81. The van der Waals surface area contributed by atoms with Crippen LogP contribution in [0.4, 0.5) is 10.5 Å². The van der Waals surface area contributed by atoms with Gasteiger partial charge in [-0.05, 0) is 18.2 Å². The maximum Gasteiger partial charge on any atom is 0.321 e. The molecule has 0 heterocycles. The van der Waals surface area contributed by atoms with E-state index in [4.69, 9.17) is 4.74 Å². The van der Waals surface area contributed by atoms with Crippen molar-refractivity contribution in [3.63, 3.8) is 0 Å². The number of halogens is 1. The van der Waals surface area contributed by atoms with Crippen molar-refractivity contribution in [3.05, 3.63) is 22.7 Å². The van der Waals surface area contributed by atoms with Crippen LogP contribution >= 0.6 is 15.9 Å². The second-order valence-corrected chi connectivity index (χ2v) is 4.08. The molecular formula is C10H13BrN2O2. The second-order valence-electron chi connectivity index (χ2n) is 3.17. The zero-order valence-corrected chi connectivity index (χ0v) is 10.5. The summed E-state index contributed by atoms with van der Waals surface area (Å²) in [5, 5.41) is 2.73. The van der Waals surface area contributed by atoms with Crippen LogP contribution in [0.3, 0.4) is 0 Å². The zero-order valence-electron chi connectivity index (χ0n) is 8.87. The van der Waals surface area contributed by atoms with Crippen LogP contribution in [0.5, 0.6) is 5.75 Å². The van der Waals surface area contributed by atoms with Gasteiger partial charge in [0.05, 0.1) is 12.8 Å². The molecule has 0 aliphatic rings. The summed E-state index contributed by atoms with van der Waals surface area (Å²) in [6.45, 7) is 0. The summed E-state index contributed by atoms with van der Waals surface area (Å²) >= 11 is 3.33. The number of rotatable bonds is 2. The number of methoxy groups -OCH3 is 1. The van der Waals surface area contributed by atoms with Crippen LogP contribution in [-0.2, 0) is 0 Å². The Morgan fingerprint density at radius 1 is 1.47 bits per heavy atom. The van der Waals surface area contributed by atoms with Crippen molar-refractivity contribution >= 4 is 27.6 Å². The lowest BCUT2D eigenvalue weighted by atomic mass is 10.3. The van der Waals surface area contributed by atoms with E-state index in [-0.39, 0.29) is 6.03 Å². The summed E-state index contributed by atoms with van der Waals surface area (Å²) in [4.78, 5) is 12.9. The number of carbonyl (C=O) groups is 1. The molecule has 0 radical (unpaired) electrons. The monoisotopic (exact) mass is 272 g/mol. The van der Waals surface area contributed by atoms with E-state index in [2.05, 4.69) is 21.2 Å². The molecule has 15 heavy (non-hydrogen) atoms. The second kappa shape index (κ2) is 5.02. The smallest absolute Gasteiger partial charge is 0.321 e. The molecule has 0 fully saturated rings. The van der Waals surface area contributed by atoms with E-state index in [0.717, 1.165) is 4.47 Å². The highest BCUT2D eigenvalue weighted by Crippen LogP contribution is 2.27. The first kappa shape index (κ1) is 11.8. The van der Waals surface area contributed by atoms with Gasteiger partial charge in [0.15, 0.2) is 0 Å². The Balaban J connectivity index is 2.92. The standard InChI is InChI=1S/C10H13BrN2O2/c1-13(2)10(14)12-8-6-7(11)4-5-9(8)15-3/h4-6H,1-3H3,(H,12,14). The average molecular weight is 273 g/mol. The number of benzene rings is 1. The highest BCUT2D eigenvalue weighted by atomic mass is 79.9. The minimum atomic E-state index is -0.189. The van der Waals surface area contributed by atoms with Crippen LogP contribution in [0.2, 0.25) is 0 Å². The fourth-order valence-electron chi connectivity index (χ4n) is 1.00. The van der Waals surface area contributed by atoms with Crippen molar-refractivity contribution in [2.75, 3.05) is 26.5 Å². The van der Waals surface area contributed by atoms with Crippen LogP contribution in [-0.4, -0.2) is 32.1 Å². The summed E-state index contributed by atoms with van der Waals surface area (Å²) < 4.78 is 6.01. The third kappa shape index (κ3) is 3.13. The maximum atomic E-state index is 11.4. The SMILES string of the molecule is COc1ccc(Br)cc1NC(=O)N(C)C. The van der Waals surface area contributed by atoms with Crippen LogP contribution in [0, 0.1) is 0 Å². The predicted molar refractivity (Wildman–Crippen MR) is 63.4 cm³/mol. The Hall–Kier alpha value is -1.23. The van der Waals surface area contributed by atoms with E-state index in [9.17, 15) is 4.79 Å². The molecular weight excluding hydrogens is 260 g/mol. The molecule has 5 heteroatoms. The van der Waals surface area contributed by atoms with Gasteiger partial charge in [0.25, 0.3) is 0 Å². The number of nitrogens with one attached hydrogen (secondary N) is 1. The lowest BCUT2D eigenvalue weighted by Gasteiger charge is -2.14. The van der Waals surface area contributed by atoms with E-state index < -0.39 is 0 Å². The predicted octanol–water partition coefficient (Wildman–Crippen LogP) is 2.55. The number of urea groups is 1. The first-order valence-electron chi connectivity index (χ1n) is 4.36. The van der Waals surface area contributed by atoms with E-state index in [0.29, 0.717) is 11.4 Å². The number of hydrogen-bond acceptors (Lipinski definition) is 2. The summed E-state index contributed by atoms with van der Waals surface area (Å²) in [6, 6.07) is 5.24. The third-order valence-corrected chi connectivity index (χ3v) is 2.30. The average Bonchev–Trinajstić information content (AvgIpc) is 2.18. The molecule has 82 valence electrons. The van der Waals surface area contributed by atoms with Gasteiger partial charge in [-0.15, -0.1) is 0 Å². The van der Waals surface area contributed by atoms with Crippen LogP contribution in [0.1, 0.15) is 0 Å². The summed E-state index contributed by atoms with van der Waals surface area (Å²) in [5.74, 6) is 0.633. The lowest BCUT2D eigenvalue weighted by Crippen LogP contribution is -2.27. The largest absolute Gasteiger partial charge is 0.495 e. The van der Waals surface area contributed by atoms with Gasteiger partial charge in [-0.2, -0.15) is 0 Å². The zero-order chi connectivity index (χ0) is 11.4. The quantitative estimate of drug-likeness (QED) is 0.899. The Morgan fingerprint density at radius 3 is 2.67 bits per heavy atom. The minimum absolute atomic E-state index is 0.189. The molecule has 4 nitrogen and oxygen atoms in total. The number of carbonyl (C=O) groups excluding carboxylic acids is 1. The van der Waals surface area contributed by atoms with Gasteiger partial charge >= 0.3 is 6.03 Å². The van der Waals surface area contributed by atoms with Crippen molar-refractivity contribution < 1.29 is 9.53 Å². The van der Waals surface area contributed by atoms with Crippen LogP contribution < -0.4 is 10.1 Å². The highest BCUT2D eigenvalue weighted by Gasteiger charge is 2.08. The molecule has 0 saturated heterocycles. The van der Waals surface area contributed by atoms with Gasteiger partial charge in [0.1, 0.15) is 5.75 Å². The summed E-state index contributed by atoms with van der Waals surface area (Å²) in [5.41, 5.74) is 0.644. The van der Waals surface area contributed by atoms with Gasteiger partial charge in [-0.1, -0.05) is 15.9 Å². The Kier molecular flexibility index (Phi) is 3.96. The molecule has 0 unspecified atom stereocenters. The van der Waals surface area contributed by atoms with Crippen LogP contribution in [0.15, 0.2) is 22.7 Å². The van der Waals surface area contributed by atoms with E-state index >= 15 is 0 Å². The highest BCUT2D eigenvalue weighted by molar-refractivity contribution is 9.10. The molecule has 0 saturated carbocycles. The van der Waals surface area contributed by atoms with E-state index in [1.807, 2.05) is 6.07 Å². The normalized spacial score (nSPS) is 9.60. The van der Waals surface area contributed by atoms with Crippen molar-refractivity contribution in [2.45, 2.75) is 0 Å². The molecule has 1 N–H and O–H groups in total. The van der Waals surface area contributed by atoms with Crippen molar-refractivity contribution in [3.8, 4) is 5.75 Å². The summed E-state index contributed by atoms with van der Waals surface area (Å²) in [7, 11) is 4.92. The van der Waals surface area contributed by atoms with Gasteiger partial charge in [-0.3, -0.25) is 0 Å². The van der Waals surface area contributed by atoms with E-state index in [1.54, 1.807) is 33.3 Å². The minimum Gasteiger partial charge on any atom is -0.495 e. The fraction of sp³-hybridized carbons (Fsp3) is 0.300. The molecule has 1 aromatic rings. The molecule has 0 bridgehead atoms. The van der Waals surface area contributed by atoms with Crippen molar-refractivity contribution in [2.24, 2.45) is 0 Å². The molecule has 1 aromatic carbocycles. The van der Waals surface area contributed by atoms with Gasteiger partial charge in [0.2, 0.25) is 0 Å². The van der Waals surface area contributed by atoms with Gasteiger partial charge < -0.3 is 15.0 Å². The van der Waals surface area contributed by atoms with Gasteiger partial charge in [-0.25, -0.2) is 4.79 Å². The molecule has 0 aliphatic carbocycles. The van der Waals surface area contributed by atoms with Crippen molar-refractivity contribution in [1.82, 2.24) is 4.90 Å². The topological polar surface area (TPSA) is 41.6 Å². The number of nitrogens with zero attached hydrogens (tertiary/aromatic N) is 1. The number of anilines is 1. The molecule has 1 rings (SSSR count). The number of amides is 2. The maximum absolute atomic E-state index is 11.4. The molecule has 2 amide bonds. The first-order chi connectivity index (χ1) is 7.04. The van der Waals surface area contributed by atoms with E-state index in [1.165, 1.54) is 4.90 Å². The number of ether oxygens (including phenoxy) is 1. The molecule has 0 aliphatic heterocycles. The van der Waals surface area contributed by atoms with Gasteiger partial charge in [0, 0.05) is 18.6 Å². The fourth-order valence-corrected chi connectivity index (χ4v) is 1.37. The first-order valence-corrected chi connectivity index (χ1v) is 5.15. The Bertz CT molecular complexity index is 366. The number of hydrogen-bond donors (Lipinski definition) is 1. The van der Waals surface area contributed by atoms with Crippen LogP contribution in [0.25, 0.3) is 0 Å². The Labute approximate surface area is 97.3 Å². The summed E-state index contributed by atoms with van der Waals surface area (Å²) in [6.07, 6.45) is 0. The molecule has 0 atom stereocenters. The molecule has 0 aromatic heterocycles.